The molecule has 3 aromatic carbocycles. The Bertz CT molecular complexity index is 1290. The molecule has 0 amide bonds. The lowest BCUT2D eigenvalue weighted by Crippen LogP contribution is -2.55. The molecule has 0 spiro atoms. The molecule has 7 nitrogen and oxygen atoms in total. The van der Waals surface area contributed by atoms with Gasteiger partial charge >= 0.3 is 0 Å². The molecule has 0 aromatic heterocycles. The predicted octanol–water partition coefficient (Wildman–Crippen LogP) is 3.80. The van der Waals surface area contributed by atoms with Crippen LogP contribution in [0.2, 0.25) is 5.02 Å². The number of hydrogen-bond acceptors (Lipinski definition) is 7. The number of halogens is 2. The molecule has 5 rings (SSSR count). The van der Waals surface area contributed by atoms with Gasteiger partial charge in [0.15, 0.2) is 11.6 Å². The van der Waals surface area contributed by atoms with Crippen molar-refractivity contribution in [1.82, 2.24) is 0 Å². The fraction of sp³-hybridized carbons (Fsp3) is 0.379. The summed E-state index contributed by atoms with van der Waals surface area (Å²) in [7, 11) is 0. The molecular formula is C29H30ClFO7. The number of benzene rings is 3. The summed E-state index contributed by atoms with van der Waals surface area (Å²) in [4.78, 5) is 0. The van der Waals surface area contributed by atoms with E-state index in [0.29, 0.717) is 21.7 Å². The van der Waals surface area contributed by atoms with Gasteiger partial charge in [0.25, 0.3) is 0 Å². The van der Waals surface area contributed by atoms with Gasteiger partial charge in [0.2, 0.25) is 0 Å². The molecule has 0 saturated carbocycles. The van der Waals surface area contributed by atoms with Crippen LogP contribution < -0.4 is 4.74 Å². The average molecular weight is 545 g/mol. The largest absolute Gasteiger partial charge is 0.487 e. The number of rotatable bonds is 7. The molecule has 1 fully saturated rings. The first-order valence-corrected chi connectivity index (χ1v) is 12.9. The van der Waals surface area contributed by atoms with Gasteiger partial charge in [-0.15, -0.1) is 0 Å². The van der Waals surface area contributed by atoms with Crippen molar-refractivity contribution >= 4 is 11.6 Å². The van der Waals surface area contributed by atoms with Crippen LogP contribution in [0.4, 0.5) is 4.39 Å². The van der Waals surface area contributed by atoms with E-state index in [1.165, 1.54) is 6.07 Å². The van der Waals surface area contributed by atoms with Crippen LogP contribution >= 0.6 is 11.6 Å². The van der Waals surface area contributed by atoms with Crippen LogP contribution in [-0.4, -0.2) is 58.1 Å². The van der Waals surface area contributed by atoms with Gasteiger partial charge in [-0.05, 0) is 59.4 Å². The number of aliphatic hydroxyl groups excluding tert-OH is 4. The Kier molecular flexibility index (Phi) is 8.02. The molecule has 2 aliphatic heterocycles. The van der Waals surface area contributed by atoms with Crippen LogP contribution in [0.25, 0.3) is 0 Å². The fourth-order valence-electron chi connectivity index (χ4n) is 5.14. The minimum atomic E-state index is -1.49. The molecule has 0 bridgehead atoms. The van der Waals surface area contributed by atoms with E-state index in [4.69, 9.17) is 25.8 Å². The summed E-state index contributed by atoms with van der Waals surface area (Å²) in [6, 6.07) is 17.6. The van der Waals surface area contributed by atoms with E-state index in [9.17, 15) is 24.8 Å². The van der Waals surface area contributed by atoms with Crippen LogP contribution in [0.15, 0.2) is 60.7 Å². The van der Waals surface area contributed by atoms with Crippen molar-refractivity contribution < 1.29 is 39.0 Å². The maximum atomic E-state index is 15.0. The zero-order valence-corrected chi connectivity index (χ0v) is 21.5. The van der Waals surface area contributed by atoms with Gasteiger partial charge in [-0.25, -0.2) is 4.39 Å². The van der Waals surface area contributed by atoms with Crippen molar-refractivity contribution in [2.45, 2.75) is 56.1 Å². The molecule has 1 saturated heterocycles. The second-order valence-electron chi connectivity index (χ2n) is 9.75. The third-order valence-electron chi connectivity index (χ3n) is 7.22. The van der Waals surface area contributed by atoms with Crippen molar-refractivity contribution in [2.24, 2.45) is 0 Å². The van der Waals surface area contributed by atoms with Crippen molar-refractivity contribution in [3.63, 3.8) is 0 Å². The molecule has 0 radical (unpaired) electrons. The Hall–Kier alpha value is -2.56. The zero-order valence-electron chi connectivity index (χ0n) is 20.7. The van der Waals surface area contributed by atoms with Gasteiger partial charge in [0, 0.05) is 5.02 Å². The molecule has 202 valence electrons. The molecule has 4 N–H and O–H groups in total. The Balaban J connectivity index is 1.28. The highest BCUT2D eigenvalue weighted by molar-refractivity contribution is 6.31. The van der Waals surface area contributed by atoms with Crippen LogP contribution in [0, 0.1) is 5.82 Å². The Morgan fingerprint density at radius 2 is 1.68 bits per heavy atom. The van der Waals surface area contributed by atoms with Gasteiger partial charge in [0.1, 0.15) is 43.2 Å². The summed E-state index contributed by atoms with van der Waals surface area (Å²) in [6.45, 7) is 1.64. The molecule has 0 aliphatic carbocycles. The summed E-state index contributed by atoms with van der Waals surface area (Å²) in [5, 5.41) is 40.6. The first kappa shape index (κ1) is 27.0. The zero-order chi connectivity index (χ0) is 27.0. The van der Waals surface area contributed by atoms with Crippen LogP contribution in [-0.2, 0) is 15.9 Å². The summed E-state index contributed by atoms with van der Waals surface area (Å²) < 4.78 is 32.4. The summed E-state index contributed by atoms with van der Waals surface area (Å²) in [5.41, 5.74) is 3.97. The minimum absolute atomic E-state index is 0.0458. The lowest BCUT2D eigenvalue weighted by molar-refractivity contribution is -0.231. The van der Waals surface area contributed by atoms with Gasteiger partial charge in [0.05, 0.1) is 12.7 Å². The Morgan fingerprint density at radius 1 is 0.921 bits per heavy atom. The van der Waals surface area contributed by atoms with Gasteiger partial charge in [-0.2, -0.15) is 0 Å². The van der Waals surface area contributed by atoms with Crippen molar-refractivity contribution in [1.29, 1.82) is 0 Å². The number of hydrogen-bond donors (Lipinski definition) is 4. The van der Waals surface area contributed by atoms with E-state index < -0.39 is 42.9 Å². The van der Waals surface area contributed by atoms with E-state index in [2.05, 4.69) is 0 Å². The molecule has 2 aliphatic rings. The van der Waals surface area contributed by atoms with E-state index in [1.807, 2.05) is 31.2 Å². The van der Waals surface area contributed by atoms with E-state index in [-0.39, 0.29) is 31.0 Å². The fourth-order valence-corrected chi connectivity index (χ4v) is 5.32. The van der Waals surface area contributed by atoms with Crippen molar-refractivity contribution in [3.8, 4) is 5.75 Å². The molecule has 3 aromatic rings. The summed E-state index contributed by atoms with van der Waals surface area (Å²) in [5.74, 6) is -0.390. The first-order chi connectivity index (χ1) is 18.3. The van der Waals surface area contributed by atoms with E-state index >= 15 is 0 Å². The molecule has 9 heteroatoms. The number of aliphatic hydroxyl groups is 4. The predicted molar refractivity (Wildman–Crippen MR) is 138 cm³/mol. The van der Waals surface area contributed by atoms with Gasteiger partial charge < -0.3 is 34.6 Å². The van der Waals surface area contributed by atoms with Crippen molar-refractivity contribution in [3.05, 3.63) is 99.3 Å². The van der Waals surface area contributed by atoms with Crippen LogP contribution in [0.5, 0.6) is 5.75 Å². The highest BCUT2D eigenvalue weighted by atomic mass is 35.5. The van der Waals surface area contributed by atoms with Gasteiger partial charge in [-0.3, -0.25) is 0 Å². The van der Waals surface area contributed by atoms with E-state index in [0.717, 1.165) is 11.1 Å². The summed E-state index contributed by atoms with van der Waals surface area (Å²) >= 11 is 6.41. The quantitative estimate of drug-likeness (QED) is 0.358. The Morgan fingerprint density at radius 3 is 2.42 bits per heavy atom. The third kappa shape index (κ3) is 5.31. The first-order valence-electron chi connectivity index (χ1n) is 12.5. The maximum Gasteiger partial charge on any atom is 0.165 e. The molecule has 2 heterocycles. The molecule has 2 unspecified atom stereocenters. The monoisotopic (exact) mass is 544 g/mol. The smallest absolute Gasteiger partial charge is 0.165 e. The average Bonchev–Trinajstić information content (AvgIpc) is 3.24. The second-order valence-corrected chi connectivity index (χ2v) is 10.2. The summed E-state index contributed by atoms with van der Waals surface area (Å²) in [6.07, 6.45) is -6.38. The Labute approximate surface area is 225 Å². The lowest BCUT2D eigenvalue weighted by atomic mass is 9.90. The highest BCUT2D eigenvalue weighted by Gasteiger charge is 2.44. The lowest BCUT2D eigenvalue weighted by Gasteiger charge is -2.40. The molecular weight excluding hydrogens is 515 g/mol. The number of fused-ring (bicyclic) bond motifs is 1. The topological polar surface area (TPSA) is 109 Å². The van der Waals surface area contributed by atoms with Crippen LogP contribution in [0.3, 0.4) is 0 Å². The second kappa shape index (κ2) is 11.3. The van der Waals surface area contributed by atoms with Crippen molar-refractivity contribution in [2.75, 3.05) is 13.2 Å². The number of ether oxygens (including phenoxy) is 3. The highest BCUT2D eigenvalue weighted by Crippen LogP contribution is 2.39. The SMILES string of the molecule is CC1OC(COc2ccc(Cc3cc([C@@H]4O[C@H](CO)[C@@H](O)[C@H](O)[C@H]4O)ccc3Cl)cc2F)c2ccccc21. The molecule has 38 heavy (non-hydrogen) atoms. The van der Waals surface area contributed by atoms with Gasteiger partial charge in [-0.1, -0.05) is 54.1 Å². The van der Waals surface area contributed by atoms with E-state index in [1.54, 1.807) is 30.3 Å². The maximum absolute atomic E-state index is 15.0. The standard InChI is InChI=1S/C29H30ClFO7/c1-15-19-4-2-3-5-20(19)25(37-15)14-36-23-9-6-16(11-22(23)31)10-18-12-17(7-8-21(18)30)29-28(35)27(34)26(33)24(13-32)38-29/h2-9,11-12,15,24-29,32-35H,10,13-14H2,1H3/t15?,24-,25?,26-,27+,28-,29+/m1/s1. The van der Waals surface area contributed by atoms with Crippen LogP contribution in [0.1, 0.15) is 53.1 Å². The minimum Gasteiger partial charge on any atom is -0.487 e. The molecule has 7 atom stereocenters. The third-order valence-corrected chi connectivity index (χ3v) is 7.59. The normalized spacial score (nSPS) is 28.8.